The normalized spacial score (nSPS) is 24.5. The maximum absolute atomic E-state index is 8.88. The van der Waals surface area contributed by atoms with Crippen molar-refractivity contribution in [1.29, 1.82) is 5.26 Å². The van der Waals surface area contributed by atoms with Gasteiger partial charge in [-0.3, -0.25) is 0 Å². The molecule has 1 N–H and O–H groups in total. The zero-order valence-corrected chi connectivity index (χ0v) is 12.7. The van der Waals surface area contributed by atoms with Gasteiger partial charge in [0, 0.05) is 25.9 Å². The van der Waals surface area contributed by atoms with Gasteiger partial charge in [0.15, 0.2) is 0 Å². The monoisotopic (exact) mass is 306 g/mol. The third-order valence-electron chi connectivity index (χ3n) is 4.35. The number of halogens is 1. The van der Waals surface area contributed by atoms with Gasteiger partial charge in [0.05, 0.1) is 27.9 Å². The first-order valence-electron chi connectivity index (χ1n) is 7.39. The third-order valence-corrected chi connectivity index (χ3v) is 4.67. The van der Waals surface area contributed by atoms with Crippen molar-refractivity contribution in [3.8, 4) is 6.07 Å². The van der Waals surface area contributed by atoms with Crippen LogP contribution in [-0.4, -0.2) is 31.5 Å². The largest absolute Gasteiger partial charge is 0.381 e. The summed E-state index contributed by atoms with van der Waals surface area (Å²) in [6, 6.07) is 7.82. The predicted molar refractivity (Wildman–Crippen MR) is 81.5 cm³/mol. The Morgan fingerprint density at radius 3 is 2.81 bits per heavy atom. The van der Waals surface area contributed by atoms with Crippen molar-refractivity contribution in [1.82, 2.24) is 0 Å². The number of benzene rings is 1. The first-order chi connectivity index (χ1) is 10.2. The number of ether oxygens (including phenoxy) is 2. The minimum absolute atomic E-state index is 0.0345. The van der Waals surface area contributed by atoms with Gasteiger partial charge in [0.25, 0.3) is 0 Å². The molecule has 1 unspecified atom stereocenters. The second-order valence-corrected chi connectivity index (χ2v) is 6.19. The molecule has 0 saturated carbocycles. The zero-order chi connectivity index (χ0) is 14.7. The number of hydrogen-bond acceptors (Lipinski definition) is 4. The van der Waals surface area contributed by atoms with Crippen LogP contribution in [0, 0.1) is 11.3 Å². The smallest absolute Gasteiger partial charge is 0.0992 e. The van der Waals surface area contributed by atoms with Crippen molar-refractivity contribution in [3.63, 3.8) is 0 Å². The Kier molecular flexibility index (Phi) is 4.34. The maximum Gasteiger partial charge on any atom is 0.0992 e. The van der Waals surface area contributed by atoms with E-state index in [2.05, 4.69) is 11.4 Å². The van der Waals surface area contributed by atoms with E-state index in [9.17, 15) is 0 Å². The van der Waals surface area contributed by atoms with Crippen LogP contribution in [0.2, 0.25) is 5.02 Å². The highest BCUT2D eigenvalue weighted by Crippen LogP contribution is 2.36. The number of nitrogens with zero attached hydrogens (tertiary/aromatic N) is 1. The van der Waals surface area contributed by atoms with Gasteiger partial charge in [-0.1, -0.05) is 11.6 Å². The van der Waals surface area contributed by atoms with Gasteiger partial charge < -0.3 is 14.8 Å². The van der Waals surface area contributed by atoms with Crippen LogP contribution >= 0.6 is 11.6 Å². The van der Waals surface area contributed by atoms with Crippen LogP contribution in [0.15, 0.2) is 18.2 Å². The van der Waals surface area contributed by atoms with E-state index in [1.807, 2.05) is 6.07 Å². The fourth-order valence-electron chi connectivity index (χ4n) is 3.16. The standard InChI is InChI=1S/C16H19ClN2O2/c17-14-9-12(11-18)1-2-15(14)19-13-3-6-21-16(10-13)4-7-20-8-5-16/h1-2,9,13,19H,3-8,10H2. The maximum atomic E-state index is 8.88. The van der Waals surface area contributed by atoms with Gasteiger partial charge in [-0.25, -0.2) is 0 Å². The van der Waals surface area contributed by atoms with Crippen LogP contribution < -0.4 is 5.32 Å². The Balaban J connectivity index is 1.68. The molecule has 2 aliphatic rings. The lowest BCUT2D eigenvalue weighted by Gasteiger charge is -2.43. The minimum atomic E-state index is -0.0345. The van der Waals surface area contributed by atoms with Gasteiger partial charge in [0.1, 0.15) is 0 Å². The molecule has 2 fully saturated rings. The molecule has 0 aliphatic carbocycles. The first-order valence-corrected chi connectivity index (χ1v) is 7.76. The van der Waals surface area contributed by atoms with E-state index in [0.717, 1.165) is 51.2 Å². The van der Waals surface area contributed by atoms with Crippen molar-refractivity contribution in [2.75, 3.05) is 25.1 Å². The van der Waals surface area contributed by atoms with Crippen molar-refractivity contribution < 1.29 is 9.47 Å². The van der Waals surface area contributed by atoms with Crippen molar-refractivity contribution in [2.24, 2.45) is 0 Å². The molecule has 0 amide bonds. The minimum Gasteiger partial charge on any atom is -0.381 e. The number of nitriles is 1. The number of nitrogens with one attached hydrogen (secondary N) is 1. The van der Waals surface area contributed by atoms with Crippen LogP contribution in [0.5, 0.6) is 0 Å². The van der Waals surface area contributed by atoms with E-state index in [0.29, 0.717) is 16.6 Å². The molecule has 2 saturated heterocycles. The summed E-state index contributed by atoms with van der Waals surface area (Å²) in [4.78, 5) is 0. The van der Waals surface area contributed by atoms with Gasteiger partial charge >= 0.3 is 0 Å². The van der Waals surface area contributed by atoms with Crippen LogP contribution in [0.25, 0.3) is 0 Å². The second kappa shape index (κ2) is 6.23. The zero-order valence-electron chi connectivity index (χ0n) is 11.9. The van der Waals surface area contributed by atoms with Crippen molar-refractivity contribution in [3.05, 3.63) is 28.8 Å². The first kappa shape index (κ1) is 14.6. The summed E-state index contributed by atoms with van der Waals surface area (Å²) >= 11 is 6.24. The fourth-order valence-corrected chi connectivity index (χ4v) is 3.40. The summed E-state index contributed by atoms with van der Waals surface area (Å²) in [5, 5.41) is 13.0. The summed E-state index contributed by atoms with van der Waals surface area (Å²) in [6.45, 7) is 2.33. The predicted octanol–water partition coefficient (Wildman–Crippen LogP) is 3.35. The van der Waals surface area contributed by atoms with Crippen molar-refractivity contribution in [2.45, 2.75) is 37.3 Å². The number of hydrogen-bond donors (Lipinski definition) is 1. The van der Waals surface area contributed by atoms with Gasteiger partial charge in [0.2, 0.25) is 0 Å². The lowest BCUT2D eigenvalue weighted by Crippen LogP contribution is -2.47. The molecule has 0 aromatic heterocycles. The average Bonchev–Trinajstić information content (AvgIpc) is 2.50. The van der Waals surface area contributed by atoms with E-state index in [1.54, 1.807) is 12.1 Å². The highest BCUT2D eigenvalue weighted by Gasteiger charge is 2.39. The second-order valence-electron chi connectivity index (χ2n) is 5.78. The molecule has 1 spiro atoms. The number of anilines is 1. The molecule has 21 heavy (non-hydrogen) atoms. The summed E-state index contributed by atoms with van der Waals surface area (Å²) < 4.78 is 11.5. The Morgan fingerprint density at radius 1 is 1.29 bits per heavy atom. The van der Waals surface area contributed by atoms with E-state index < -0.39 is 0 Å². The lowest BCUT2D eigenvalue weighted by atomic mass is 9.84. The summed E-state index contributed by atoms with van der Waals surface area (Å²) in [7, 11) is 0. The highest BCUT2D eigenvalue weighted by atomic mass is 35.5. The van der Waals surface area contributed by atoms with Crippen LogP contribution in [0.1, 0.15) is 31.2 Å². The number of rotatable bonds is 2. The molecule has 5 heteroatoms. The molecule has 112 valence electrons. The van der Waals surface area contributed by atoms with Crippen LogP contribution in [0.3, 0.4) is 0 Å². The van der Waals surface area contributed by atoms with Gasteiger partial charge in [-0.05, 0) is 43.9 Å². The Hall–Kier alpha value is -1.28. The van der Waals surface area contributed by atoms with Crippen LogP contribution in [-0.2, 0) is 9.47 Å². The molecule has 3 rings (SSSR count). The SMILES string of the molecule is N#Cc1ccc(NC2CCOC3(CCOCC3)C2)c(Cl)c1. The third kappa shape index (κ3) is 3.32. The molecule has 1 atom stereocenters. The summed E-state index contributed by atoms with van der Waals surface area (Å²) in [6.07, 6.45) is 3.88. The summed E-state index contributed by atoms with van der Waals surface area (Å²) in [5.74, 6) is 0. The topological polar surface area (TPSA) is 54.3 Å². The molecule has 1 aromatic rings. The molecule has 2 heterocycles. The molecule has 4 nitrogen and oxygen atoms in total. The van der Waals surface area contributed by atoms with E-state index in [-0.39, 0.29) is 5.60 Å². The molecule has 0 bridgehead atoms. The molecular formula is C16H19ClN2O2. The van der Waals surface area contributed by atoms with Gasteiger partial charge in [-0.2, -0.15) is 5.26 Å². The lowest BCUT2D eigenvalue weighted by molar-refractivity contribution is -0.135. The quantitative estimate of drug-likeness (QED) is 0.910. The summed E-state index contributed by atoms with van der Waals surface area (Å²) in [5.41, 5.74) is 1.44. The van der Waals surface area contributed by atoms with Crippen LogP contribution in [0.4, 0.5) is 5.69 Å². The van der Waals surface area contributed by atoms with Gasteiger partial charge in [-0.15, -0.1) is 0 Å². The Bertz CT molecular complexity index is 544. The van der Waals surface area contributed by atoms with Crippen molar-refractivity contribution >= 4 is 17.3 Å². The fraction of sp³-hybridized carbons (Fsp3) is 0.562. The molecule has 2 aliphatic heterocycles. The van der Waals surface area contributed by atoms with E-state index in [4.69, 9.17) is 26.3 Å². The average molecular weight is 307 g/mol. The molecule has 1 aromatic carbocycles. The Labute approximate surface area is 130 Å². The molecule has 0 radical (unpaired) electrons. The van der Waals surface area contributed by atoms with E-state index in [1.165, 1.54) is 0 Å². The Morgan fingerprint density at radius 2 is 2.10 bits per heavy atom. The molecular weight excluding hydrogens is 288 g/mol. The highest BCUT2D eigenvalue weighted by molar-refractivity contribution is 6.33. The van der Waals surface area contributed by atoms with E-state index >= 15 is 0 Å².